The van der Waals surface area contributed by atoms with Crippen LogP contribution in [0.15, 0.2) is 29.2 Å². The van der Waals surface area contributed by atoms with Crippen molar-refractivity contribution in [3.05, 3.63) is 29.8 Å². The summed E-state index contributed by atoms with van der Waals surface area (Å²) < 4.78 is 32.7. The van der Waals surface area contributed by atoms with E-state index in [0.29, 0.717) is 24.9 Å². The Bertz CT molecular complexity index is 879. The Morgan fingerprint density at radius 3 is 2.06 bits per heavy atom. The zero-order valence-corrected chi connectivity index (χ0v) is 19.7. The Kier molecular flexibility index (Phi) is 7.42. The predicted octanol–water partition coefficient (Wildman–Crippen LogP) is 3.30. The lowest BCUT2D eigenvalue weighted by molar-refractivity contribution is -0.140. The summed E-state index contributed by atoms with van der Waals surface area (Å²) in [5.74, 6) is -0.193. The maximum Gasteiger partial charge on any atom is 0.338 e. The highest BCUT2D eigenvalue weighted by Gasteiger charge is 2.32. The van der Waals surface area contributed by atoms with E-state index in [1.54, 1.807) is 4.90 Å². The van der Waals surface area contributed by atoms with Gasteiger partial charge in [0.05, 0.1) is 10.5 Å². The maximum absolute atomic E-state index is 13.0. The molecule has 2 aliphatic rings. The second-order valence-electron chi connectivity index (χ2n) is 9.30. The van der Waals surface area contributed by atoms with Crippen molar-refractivity contribution in [2.24, 2.45) is 11.8 Å². The third-order valence-corrected chi connectivity index (χ3v) is 8.22. The van der Waals surface area contributed by atoms with Crippen LogP contribution in [0.25, 0.3) is 0 Å². The molecule has 4 unspecified atom stereocenters. The lowest BCUT2D eigenvalue weighted by atomic mass is 9.94. The van der Waals surface area contributed by atoms with Crippen LogP contribution in [-0.4, -0.2) is 61.3 Å². The van der Waals surface area contributed by atoms with Crippen LogP contribution >= 0.6 is 0 Å². The van der Waals surface area contributed by atoms with E-state index in [1.165, 1.54) is 28.6 Å². The number of hydrogen-bond donors (Lipinski definition) is 0. The number of likely N-dealkylation sites (tertiary alicyclic amines) is 1. The fraction of sp³-hybridized carbons (Fsp3) is 0.652. The number of benzene rings is 1. The molecule has 1 aromatic rings. The third-order valence-electron chi connectivity index (χ3n) is 6.37. The second-order valence-corrected chi connectivity index (χ2v) is 11.2. The number of hydrogen-bond acceptors (Lipinski definition) is 5. The Hall–Kier alpha value is -1.93. The summed E-state index contributed by atoms with van der Waals surface area (Å²) in [4.78, 5) is 26.9. The van der Waals surface area contributed by atoms with E-state index < -0.39 is 16.0 Å². The smallest absolute Gasteiger partial charge is 0.338 e. The van der Waals surface area contributed by atoms with E-state index in [2.05, 4.69) is 13.8 Å². The molecule has 8 heteroatoms. The van der Waals surface area contributed by atoms with Gasteiger partial charge in [0.1, 0.15) is 0 Å². The molecule has 7 nitrogen and oxygen atoms in total. The van der Waals surface area contributed by atoms with E-state index in [4.69, 9.17) is 4.74 Å². The number of carbonyl (C=O) groups is 2. The van der Waals surface area contributed by atoms with Crippen LogP contribution in [0.3, 0.4) is 0 Å². The monoisotopic (exact) mass is 450 g/mol. The molecule has 2 saturated heterocycles. The topological polar surface area (TPSA) is 84.0 Å². The first-order valence-corrected chi connectivity index (χ1v) is 12.6. The van der Waals surface area contributed by atoms with Gasteiger partial charge in [-0.15, -0.1) is 0 Å². The molecule has 1 aromatic carbocycles. The number of esters is 1. The van der Waals surface area contributed by atoms with E-state index in [-0.39, 0.29) is 35.1 Å². The molecule has 0 spiro atoms. The van der Waals surface area contributed by atoms with Crippen molar-refractivity contribution in [3.63, 3.8) is 0 Å². The largest absolute Gasteiger partial charge is 0.452 e. The van der Waals surface area contributed by atoms with Crippen molar-refractivity contribution in [3.8, 4) is 0 Å². The van der Waals surface area contributed by atoms with Gasteiger partial charge in [-0.05, 0) is 75.6 Å². The summed E-state index contributed by atoms with van der Waals surface area (Å²) in [5, 5.41) is 0. The van der Waals surface area contributed by atoms with Crippen molar-refractivity contribution >= 4 is 21.9 Å². The Labute approximate surface area is 185 Å². The van der Waals surface area contributed by atoms with Gasteiger partial charge in [0, 0.05) is 25.2 Å². The van der Waals surface area contributed by atoms with Crippen LogP contribution in [0.1, 0.15) is 63.7 Å². The lowest BCUT2D eigenvalue weighted by Gasteiger charge is -2.38. The minimum absolute atomic E-state index is 0.139. The molecule has 2 heterocycles. The van der Waals surface area contributed by atoms with Crippen LogP contribution < -0.4 is 0 Å². The summed E-state index contributed by atoms with van der Waals surface area (Å²) in [5.41, 5.74) is 0.229. The molecule has 0 saturated carbocycles. The summed E-state index contributed by atoms with van der Waals surface area (Å²) in [6.07, 6.45) is 4.02. The van der Waals surface area contributed by atoms with E-state index in [9.17, 15) is 18.0 Å². The zero-order chi connectivity index (χ0) is 22.8. The molecular formula is C23H34N2O5S. The van der Waals surface area contributed by atoms with Gasteiger partial charge in [0.15, 0.2) is 6.61 Å². The van der Waals surface area contributed by atoms with Crippen LogP contribution in [0.2, 0.25) is 0 Å². The van der Waals surface area contributed by atoms with Gasteiger partial charge in [-0.2, -0.15) is 4.31 Å². The SMILES string of the molecule is CC1CC(C)CN(S(=O)(=O)c2ccc(C(=O)OCC(=O)N3C(C)CCCC3C)cc2)C1. The number of nitrogens with zero attached hydrogens (tertiary/aromatic N) is 2. The lowest BCUT2D eigenvalue weighted by Crippen LogP contribution is -2.49. The Morgan fingerprint density at radius 2 is 1.52 bits per heavy atom. The first kappa shape index (κ1) is 23.7. The molecule has 2 aliphatic heterocycles. The normalized spacial score (nSPS) is 27.7. The molecule has 4 atom stereocenters. The molecule has 1 amide bonds. The molecule has 31 heavy (non-hydrogen) atoms. The molecule has 0 radical (unpaired) electrons. The summed E-state index contributed by atoms with van der Waals surface area (Å²) in [6, 6.07) is 6.05. The van der Waals surface area contributed by atoms with Crippen molar-refractivity contribution in [2.75, 3.05) is 19.7 Å². The van der Waals surface area contributed by atoms with E-state index >= 15 is 0 Å². The van der Waals surface area contributed by atoms with Crippen molar-refractivity contribution < 1.29 is 22.7 Å². The Morgan fingerprint density at radius 1 is 0.968 bits per heavy atom. The first-order valence-electron chi connectivity index (χ1n) is 11.2. The van der Waals surface area contributed by atoms with Crippen LogP contribution in [0.5, 0.6) is 0 Å². The van der Waals surface area contributed by atoms with Gasteiger partial charge in [-0.25, -0.2) is 13.2 Å². The molecule has 0 bridgehead atoms. The molecular weight excluding hydrogens is 416 g/mol. The molecule has 3 rings (SSSR count). The van der Waals surface area contributed by atoms with Crippen molar-refractivity contribution in [1.29, 1.82) is 0 Å². The van der Waals surface area contributed by atoms with E-state index in [0.717, 1.165) is 25.7 Å². The number of amides is 1. The highest BCUT2D eigenvalue weighted by Crippen LogP contribution is 2.27. The maximum atomic E-state index is 13.0. The summed E-state index contributed by atoms with van der Waals surface area (Å²) in [6.45, 7) is 8.85. The van der Waals surface area contributed by atoms with Gasteiger partial charge >= 0.3 is 5.97 Å². The second kappa shape index (κ2) is 9.69. The van der Waals surface area contributed by atoms with Gasteiger partial charge in [-0.3, -0.25) is 4.79 Å². The van der Waals surface area contributed by atoms with E-state index in [1.807, 2.05) is 13.8 Å². The fourth-order valence-electron chi connectivity index (χ4n) is 4.91. The Balaban J connectivity index is 1.61. The minimum atomic E-state index is -3.60. The summed E-state index contributed by atoms with van der Waals surface area (Å²) >= 11 is 0. The molecule has 0 aromatic heterocycles. The quantitative estimate of drug-likeness (QED) is 0.643. The van der Waals surface area contributed by atoms with Gasteiger partial charge in [0.25, 0.3) is 5.91 Å². The fourth-order valence-corrected chi connectivity index (χ4v) is 6.59. The van der Waals surface area contributed by atoms with Crippen LogP contribution in [0.4, 0.5) is 0 Å². The highest BCUT2D eigenvalue weighted by molar-refractivity contribution is 7.89. The van der Waals surface area contributed by atoms with Gasteiger partial charge in [0.2, 0.25) is 10.0 Å². The molecule has 2 fully saturated rings. The van der Waals surface area contributed by atoms with Gasteiger partial charge < -0.3 is 9.64 Å². The minimum Gasteiger partial charge on any atom is -0.452 e. The standard InChI is InChI=1S/C23H34N2O5S/c1-16-12-17(2)14-24(13-16)31(28,29)21-10-8-20(9-11-21)23(27)30-15-22(26)25-18(3)6-5-7-19(25)4/h8-11,16-19H,5-7,12-15H2,1-4H3. The number of sulfonamides is 1. The average molecular weight is 451 g/mol. The van der Waals surface area contributed by atoms with Crippen molar-refractivity contribution in [1.82, 2.24) is 9.21 Å². The third kappa shape index (κ3) is 5.47. The van der Waals surface area contributed by atoms with Crippen LogP contribution in [-0.2, 0) is 19.6 Å². The highest BCUT2D eigenvalue weighted by atomic mass is 32.2. The number of piperidine rings is 2. The first-order chi connectivity index (χ1) is 14.6. The number of carbonyl (C=O) groups excluding carboxylic acids is 2. The molecule has 172 valence electrons. The average Bonchev–Trinajstić information content (AvgIpc) is 2.71. The van der Waals surface area contributed by atoms with Crippen LogP contribution in [0, 0.1) is 11.8 Å². The molecule has 0 aliphatic carbocycles. The zero-order valence-electron chi connectivity index (χ0n) is 18.9. The summed E-state index contributed by atoms with van der Waals surface area (Å²) in [7, 11) is -3.60. The van der Waals surface area contributed by atoms with Gasteiger partial charge in [-0.1, -0.05) is 13.8 Å². The van der Waals surface area contributed by atoms with Crippen molar-refractivity contribution in [2.45, 2.75) is 70.4 Å². The predicted molar refractivity (Wildman–Crippen MR) is 118 cm³/mol. The number of rotatable bonds is 5. The molecule has 0 N–H and O–H groups in total. The number of ether oxygens (including phenoxy) is 1.